The van der Waals surface area contributed by atoms with Gasteiger partial charge in [-0.2, -0.15) is 0 Å². The zero-order chi connectivity index (χ0) is 22.1. The van der Waals surface area contributed by atoms with Crippen LogP contribution in [-0.2, 0) is 0 Å². The monoisotopic (exact) mass is 437 g/mol. The number of rotatable bonds is 6. The van der Waals surface area contributed by atoms with Gasteiger partial charge in [0.25, 0.3) is 5.56 Å². The fraction of sp³-hybridized carbons (Fsp3) is 0.565. The Kier molecular flexibility index (Phi) is 5.93. The van der Waals surface area contributed by atoms with E-state index in [4.69, 9.17) is 4.74 Å². The van der Waals surface area contributed by atoms with Crippen LogP contribution in [0.15, 0.2) is 29.1 Å². The highest BCUT2D eigenvalue weighted by molar-refractivity contribution is 5.80. The minimum atomic E-state index is -0.278. The molecule has 0 bridgehead atoms. The van der Waals surface area contributed by atoms with E-state index in [9.17, 15) is 4.79 Å². The molecule has 0 radical (unpaired) electrons. The lowest BCUT2D eigenvalue weighted by atomic mass is 10.0. The van der Waals surface area contributed by atoms with Crippen molar-refractivity contribution in [3.8, 4) is 5.75 Å². The van der Waals surface area contributed by atoms with E-state index in [1.165, 1.54) is 12.8 Å². The zero-order valence-corrected chi connectivity index (χ0v) is 18.8. The Labute approximate surface area is 187 Å². The SMILES string of the molecule is CCN1CCN(C(c2cc3ccc(OC)cc3[nH]c2=O)c2nnnn2C2CCCC2)CC1. The smallest absolute Gasteiger partial charge is 0.253 e. The Morgan fingerprint density at radius 3 is 2.66 bits per heavy atom. The number of ether oxygens (including phenoxy) is 1. The molecule has 5 rings (SSSR count). The molecule has 9 nitrogen and oxygen atoms in total. The number of likely N-dealkylation sites (N-methyl/N-ethyl adjacent to an activating group) is 1. The van der Waals surface area contributed by atoms with Gasteiger partial charge in [0.1, 0.15) is 11.8 Å². The molecular formula is C23H31N7O2. The van der Waals surface area contributed by atoms with Crippen molar-refractivity contribution in [2.24, 2.45) is 0 Å². The molecule has 1 aromatic carbocycles. The second-order valence-electron chi connectivity index (χ2n) is 8.80. The summed E-state index contributed by atoms with van der Waals surface area (Å²) in [7, 11) is 1.63. The van der Waals surface area contributed by atoms with Gasteiger partial charge in [-0.25, -0.2) is 4.68 Å². The van der Waals surface area contributed by atoms with Gasteiger partial charge in [-0.05, 0) is 53.4 Å². The molecule has 9 heteroatoms. The van der Waals surface area contributed by atoms with Gasteiger partial charge in [-0.3, -0.25) is 9.69 Å². The fourth-order valence-electron chi connectivity index (χ4n) is 5.15. The second kappa shape index (κ2) is 8.99. The number of hydrogen-bond donors (Lipinski definition) is 1. The fourth-order valence-corrected chi connectivity index (χ4v) is 5.15. The number of benzene rings is 1. The van der Waals surface area contributed by atoms with Gasteiger partial charge in [0, 0.05) is 37.8 Å². The largest absolute Gasteiger partial charge is 0.497 e. The summed E-state index contributed by atoms with van der Waals surface area (Å²) in [4.78, 5) is 21.2. The molecule has 3 aromatic rings. The van der Waals surface area contributed by atoms with E-state index in [2.05, 4.69) is 37.2 Å². The molecule has 0 amide bonds. The van der Waals surface area contributed by atoms with E-state index < -0.39 is 0 Å². The number of fused-ring (bicyclic) bond motifs is 1. The van der Waals surface area contributed by atoms with Crippen molar-refractivity contribution in [1.82, 2.24) is 35.0 Å². The summed E-state index contributed by atoms with van der Waals surface area (Å²) < 4.78 is 7.31. The van der Waals surface area contributed by atoms with Crippen LogP contribution in [0.4, 0.5) is 0 Å². The Morgan fingerprint density at radius 2 is 1.94 bits per heavy atom. The molecule has 170 valence electrons. The Bertz CT molecular complexity index is 1130. The van der Waals surface area contributed by atoms with Crippen molar-refractivity contribution >= 4 is 10.9 Å². The maximum Gasteiger partial charge on any atom is 0.253 e. The van der Waals surface area contributed by atoms with Crippen LogP contribution in [-0.4, -0.2) is 74.8 Å². The number of hydrogen-bond acceptors (Lipinski definition) is 7. The van der Waals surface area contributed by atoms with Crippen LogP contribution >= 0.6 is 0 Å². The highest BCUT2D eigenvalue weighted by Crippen LogP contribution is 2.34. The third-order valence-corrected chi connectivity index (χ3v) is 7.03. The van der Waals surface area contributed by atoms with Crippen molar-refractivity contribution in [1.29, 1.82) is 0 Å². The summed E-state index contributed by atoms with van der Waals surface area (Å²) in [6.45, 7) is 6.92. The van der Waals surface area contributed by atoms with Crippen LogP contribution in [0.2, 0.25) is 0 Å². The number of aromatic nitrogens is 5. The number of tetrazole rings is 1. The van der Waals surface area contributed by atoms with Crippen LogP contribution in [0.3, 0.4) is 0 Å². The van der Waals surface area contributed by atoms with Gasteiger partial charge in [-0.15, -0.1) is 5.10 Å². The first-order chi connectivity index (χ1) is 15.7. The average molecular weight is 438 g/mol. The first-order valence-corrected chi connectivity index (χ1v) is 11.6. The molecule has 2 aliphatic rings. The molecule has 1 saturated carbocycles. The van der Waals surface area contributed by atoms with E-state index in [1.807, 2.05) is 28.9 Å². The molecule has 1 atom stereocenters. The second-order valence-corrected chi connectivity index (χ2v) is 8.80. The van der Waals surface area contributed by atoms with E-state index >= 15 is 0 Å². The van der Waals surface area contributed by atoms with Crippen molar-refractivity contribution in [3.63, 3.8) is 0 Å². The predicted octanol–water partition coefficient (Wildman–Crippen LogP) is 2.37. The summed E-state index contributed by atoms with van der Waals surface area (Å²) in [6.07, 6.45) is 4.56. The van der Waals surface area contributed by atoms with Gasteiger partial charge < -0.3 is 14.6 Å². The van der Waals surface area contributed by atoms with Crippen LogP contribution in [0, 0.1) is 0 Å². The number of pyridine rings is 1. The topological polar surface area (TPSA) is 92.2 Å². The van der Waals surface area contributed by atoms with Crippen LogP contribution in [0.5, 0.6) is 5.75 Å². The number of nitrogens with zero attached hydrogens (tertiary/aromatic N) is 6. The summed E-state index contributed by atoms with van der Waals surface area (Å²) in [5, 5.41) is 13.9. The van der Waals surface area contributed by atoms with Gasteiger partial charge in [0.15, 0.2) is 5.82 Å². The Morgan fingerprint density at radius 1 is 1.16 bits per heavy atom. The van der Waals surface area contributed by atoms with Crippen LogP contribution < -0.4 is 10.3 Å². The summed E-state index contributed by atoms with van der Waals surface area (Å²) in [5.74, 6) is 1.50. The lowest BCUT2D eigenvalue weighted by Crippen LogP contribution is -2.49. The lowest BCUT2D eigenvalue weighted by Gasteiger charge is -2.38. The number of aromatic amines is 1. The van der Waals surface area contributed by atoms with E-state index in [1.54, 1.807) is 7.11 Å². The Balaban J connectivity index is 1.60. The number of methoxy groups -OCH3 is 1. The zero-order valence-electron chi connectivity index (χ0n) is 18.8. The standard InChI is InChI=1S/C23H31N7O2/c1-3-28-10-12-29(13-11-28)21(22-25-26-27-30(22)17-6-4-5-7-17)19-14-16-8-9-18(32-2)15-20(16)24-23(19)31/h8-9,14-15,17,21H,3-7,10-13H2,1-2H3,(H,24,31). The normalized spacial score (nSPS) is 19.6. The molecule has 3 heterocycles. The van der Waals surface area contributed by atoms with Gasteiger partial charge >= 0.3 is 0 Å². The van der Waals surface area contributed by atoms with E-state index in [-0.39, 0.29) is 11.6 Å². The summed E-state index contributed by atoms with van der Waals surface area (Å²) in [5.41, 5.74) is 1.36. The maximum atomic E-state index is 13.4. The first-order valence-electron chi connectivity index (χ1n) is 11.6. The summed E-state index contributed by atoms with van der Waals surface area (Å²) >= 11 is 0. The highest BCUT2D eigenvalue weighted by atomic mass is 16.5. The van der Waals surface area contributed by atoms with Crippen molar-refractivity contribution in [2.45, 2.75) is 44.7 Å². The van der Waals surface area contributed by atoms with Gasteiger partial charge in [-0.1, -0.05) is 19.8 Å². The molecule has 32 heavy (non-hydrogen) atoms. The van der Waals surface area contributed by atoms with E-state index in [0.29, 0.717) is 11.6 Å². The van der Waals surface area contributed by atoms with Crippen LogP contribution in [0.1, 0.15) is 56.1 Å². The minimum Gasteiger partial charge on any atom is -0.497 e. The number of H-pyrrole nitrogens is 1. The molecule has 1 saturated heterocycles. The first kappa shape index (κ1) is 21.1. The molecule has 2 aromatic heterocycles. The van der Waals surface area contributed by atoms with Gasteiger partial charge in [0.05, 0.1) is 18.7 Å². The predicted molar refractivity (Wildman–Crippen MR) is 122 cm³/mol. The third kappa shape index (κ3) is 3.91. The molecule has 0 spiro atoms. The third-order valence-electron chi connectivity index (χ3n) is 7.03. The van der Waals surface area contributed by atoms with Crippen molar-refractivity contribution in [3.05, 3.63) is 46.0 Å². The quantitative estimate of drug-likeness (QED) is 0.633. The molecule has 1 aliphatic carbocycles. The maximum absolute atomic E-state index is 13.4. The lowest BCUT2D eigenvalue weighted by molar-refractivity contribution is 0.107. The highest BCUT2D eigenvalue weighted by Gasteiger charge is 2.34. The Hall–Kier alpha value is -2.78. The summed E-state index contributed by atoms with van der Waals surface area (Å²) in [6, 6.07) is 7.79. The van der Waals surface area contributed by atoms with E-state index in [0.717, 1.165) is 68.0 Å². The van der Waals surface area contributed by atoms with Crippen LogP contribution in [0.25, 0.3) is 10.9 Å². The number of piperazine rings is 1. The molecule has 1 aliphatic heterocycles. The molecule has 2 fully saturated rings. The molecular weight excluding hydrogens is 406 g/mol. The number of nitrogens with one attached hydrogen (secondary N) is 1. The molecule has 1 unspecified atom stereocenters. The van der Waals surface area contributed by atoms with Gasteiger partial charge in [0.2, 0.25) is 0 Å². The molecule has 1 N–H and O–H groups in total. The average Bonchev–Trinajstić information content (AvgIpc) is 3.52. The van der Waals surface area contributed by atoms with Crippen molar-refractivity contribution < 1.29 is 4.74 Å². The van der Waals surface area contributed by atoms with Crippen molar-refractivity contribution in [2.75, 3.05) is 39.8 Å². The minimum absolute atomic E-state index is 0.102.